The van der Waals surface area contributed by atoms with E-state index in [2.05, 4.69) is 4.98 Å². The zero-order chi connectivity index (χ0) is 15.6. The molecule has 1 aromatic heterocycles. The highest BCUT2D eigenvalue weighted by molar-refractivity contribution is 7.98. The fourth-order valence-electron chi connectivity index (χ4n) is 2.33. The summed E-state index contributed by atoms with van der Waals surface area (Å²) in [7, 11) is 0. The van der Waals surface area contributed by atoms with Gasteiger partial charge in [-0.3, -0.25) is 9.59 Å². The average molecular weight is 308 g/mol. The van der Waals surface area contributed by atoms with Crippen molar-refractivity contribution in [1.82, 2.24) is 9.55 Å². The van der Waals surface area contributed by atoms with Gasteiger partial charge in [0.25, 0.3) is 0 Å². The maximum atomic E-state index is 12.1. The van der Waals surface area contributed by atoms with Crippen molar-refractivity contribution >= 4 is 28.8 Å². The minimum Gasteiger partial charge on any atom is -0.478 e. The van der Waals surface area contributed by atoms with Crippen LogP contribution in [-0.2, 0) is 6.54 Å². The van der Waals surface area contributed by atoms with Crippen molar-refractivity contribution in [2.24, 2.45) is 5.92 Å². The van der Waals surface area contributed by atoms with Gasteiger partial charge in [0, 0.05) is 6.54 Å². The molecule has 0 radical (unpaired) electrons. The molecule has 2 rings (SSSR count). The number of aromatic amines is 1. The number of aromatic carboxylic acids is 1. The number of hydrogen-bond acceptors (Lipinski definition) is 4. The number of fused-ring (bicyclic) bond motifs is 1. The van der Waals surface area contributed by atoms with Gasteiger partial charge in [0.05, 0.1) is 16.6 Å². The largest absolute Gasteiger partial charge is 0.478 e. The second kappa shape index (κ2) is 6.17. The molecular weight excluding hydrogens is 292 g/mol. The van der Waals surface area contributed by atoms with Crippen LogP contribution < -0.4 is 11.1 Å². The number of H-pyrrole nitrogens is 1. The summed E-state index contributed by atoms with van der Waals surface area (Å²) in [6.07, 6.45) is 1.96. The zero-order valence-electron chi connectivity index (χ0n) is 11.8. The summed E-state index contributed by atoms with van der Waals surface area (Å²) in [5.41, 5.74) is -0.818. The maximum Gasteiger partial charge on any atom is 0.337 e. The summed E-state index contributed by atoms with van der Waals surface area (Å²) in [5, 5.41) is 9.29. The van der Waals surface area contributed by atoms with Crippen molar-refractivity contribution in [1.29, 1.82) is 0 Å². The van der Waals surface area contributed by atoms with Crippen LogP contribution in [0.25, 0.3) is 11.0 Å². The number of hydrogen-bond donors (Lipinski definition) is 2. The molecule has 112 valence electrons. The third-order valence-electron chi connectivity index (χ3n) is 3.17. The van der Waals surface area contributed by atoms with E-state index in [-0.39, 0.29) is 17.0 Å². The molecule has 21 heavy (non-hydrogen) atoms. The van der Waals surface area contributed by atoms with E-state index in [9.17, 15) is 19.5 Å². The number of nitrogens with one attached hydrogen (secondary N) is 1. The second-order valence-electron chi connectivity index (χ2n) is 4.94. The smallest absolute Gasteiger partial charge is 0.337 e. The van der Waals surface area contributed by atoms with E-state index in [4.69, 9.17) is 0 Å². The second-order valence-corrected chi connectivity index (χ2v) is 5.85. The molecule has 1 heterocycles. The van der Waals surface area contributed by atoms with Crippen LogP contribution in [0.2, 0.25) is 0 Å². The highest BCUT2D eigenvalue weighted by Gasteiger charge is 2.16. The molecule has 2 N–H and O–H groups in total. The Morgan fingerprint density at radius 2 is 2.14 bits per heavy atom. The van der Waals surface area contributed by atoms with Crippen molar-refractivity contribution < 1.29 is 9.90 Å². The van der Waals surface area contributed by atoms with Gasteiger partial charge in [0.15, 0.2) is 0 Å². The van der Waals surface area contributed by atoms with Crippen LogP contribution in [0, 0.1) is 5.92 Å². The monoisotopic (exact) mass is 308 g/mol. The fraction of sp³-hybridized carbons (Fsp3) is 0.357. The number of carboxylic acid groups (broad SMARTS) is 1. The van der Waals surface area contributed by atoms with Crippen LogP contribution in [0.4, 0.5) is 0 Å². The highest BCUT2D eigenvalue weighted by atomic mass is 32.2. The van der Waals surface area contributed by atoms with Gasteiger partial charge in [0.2, 0.25) is 0 Å². The number of carboxylic acids is 1. The van der Waals surface area contributed by atoms with Gasteiger partial charge >= 0.3 is 17.1 Å². The maximum absolute atomic E-state index is 12.1. The lowest BCUT2D eigenvalue weighted by molar-refractivity contribution is 0.0698. The summed E-state index contributed by atoms with van der Waals surface area (Å²) < 4.78 is 1.28. The molecule has 0 saturated heterocycles. The number of rotatable bonds is 5. The van der Waals surface area contributed by atoms with E-state index in [0.29, 0.717) is 12.1 Å². The lowest BCUT2D eigenvalue weighted by atomic mass is 10.1. The number of aromatic nitrogens is 2. The highest BCUT2D eigenvalue weighted by Crippen LogP contribution is 2.17. The molecule has 0 aliphatic carbocycles. The first-order valence-electron chi connectivity index (χ1n) is 6.43. The molecule has 1 atom stereocenters. The molecular formula is C14H16N2O4S. The zero-order valence-corrected chi connectivity index (χ0v) is 12.6. The summed E-state index contributed by atoms with van der Waals surface area (Å²) in [5.74, 6) is -0.168. The van der Waals surface area contributed by atoms with E-state index in [1.165, 1.54) is 10.6 Å². The molecule has 1 aromatic carbocycles. The Hall–Kier alpha value is -2.02. The molecule has 7 heteroatoms. The summed E-state index contributed by atoms with van der Waals surface area (Å²) in [6, 6.07) is 4.57. The molecule has 0 fully saturated rings. The van der Waals surface area contributed by atoms with Gasteiger partial charge in [-0.25, -0.2) is 4.79 Å². The number of benzene rings is 1. The average Bonchev–Trinajstić information content (AvgIpc) is 2.43. The number of thioether (sulfide) groups is 1. The Morgan fingerprint density at radius 1 is 1.43 bits per heavy atom. The molecule has 0 aliphatic heterocycles. The molecule has 1 unspecified atom stereocenters. The van der Waals surface area contributed by atoms with Crippen LogP contribution in [-0.4, -0.2) is 32.6 Å². The molecule has 0 saturated carbocycles. The first-order valence-corrected chi connectivity index (χ1v) is 7.83. The minimum atomic E-state index is -1.13. The molecule has 6 nitrogen and oxygen atoms in total. The van der Waals surface area contributed by atoms with Gasteiger partial charge in [-0.15, -0.1) is 0 Å². The lowest BCUT2D eigenvalue weighted by Crippen LogP contribution is -2.38. The van der Waals surface area contributed by atoms with Gasteiger partial charge in [0.1, 0.15) is 0 Å². The quantitative estimate of drug-likeness (QED) is 0.814. The van der Waals surface area contributed by atoms with Crippen LogP contribution in [0.5, 0.6) is 0 Å². The molecule has 0 spiro atoms. The van der Waals surface area contributed by atoms with Gasteiger partial charge in [-0.1, -0.05) is 13.0 Å². The SMILES string of the molecule is CSCC(C)Cn1c(=O)c(=O)[nH]c2cccc(C(=O)O)c21. The van der Waals surface area contributed by atoms with Crippen LogP contribution in [0.1, 0.15) is 17.3 Å². The number of nitrogens with zero attached hydrogens (tertiary/aromatic N) is 1. The third-order valence-corrected chi connectivity index (χ3v) is 4.07. The lowest BCUT2D eigenvalue weighted by Gasteiger charge is -2.15. The molecule has 0 aliphatic rings. The van der Waals surface area contributed by atoms with E-state index in [1.54, 1.807) is 23.9 Å². The van der Waals surface area contributed by atoms with Crippen molar-refractivity contribution in [3.05, 3.63) is 44.5 Å². The van der Waals surface area contributed by atoms with Crippen molar-refractivity contribution in [3.8, 4) is 0 Å². The predicted octanol–water partition coefficient (Wildman–Crippen LogP) is 1.39. The van der Waals surface area contributed by atoms with E-state index in [0.717, 1.165) is 5.75 Å². The fourth-order valence-corrected chi connectivity index (χ4v) is 3.01. The van der Waals surface area contributed by atoms with Gasteiger partial charge < -0.3 is 14.7 Å². The Balaban J connectivity index is 2.76. The Labute approximate surface area is 124 Å². The minimum absolute atomic E-state index is 0.0113. The van der Waals surface area contributed by atoms with Crippen LogP contribution >= 0.6 is 11.8 Å². The normalized spacial score (nSPS) is 12.5. The molecule has 2 aromatic rings. The molecule has 0 bridgehead atoms. The van der Waals surface area contributed by atoms with E-state index >= 15 is 0 Å². The van der Waals surface area contributed by atoms with Gasteiger partial charge in [-0.2, -0.15) is 11.8 Å². The van der Waals surface area contributed by atoms with Gasteiger partial charge in [-0.05, 0) is 30.1 Å². The Morgan fingerprint density at radius 3 is 2.76 bits per heavy atom. The van der Waals surface area contributed by atoms with Crippen molar-refractivity contribution in [2.45, 2.75) is 13.5 Å². The van der Waals surface area contributed by atoms with Crippen LogP contribution in [0.15, 0.2) is 27.8 Å². The first-order chi connectivity index (χ1) is 9.95. The summed E-state index contributed by atoms with van der Waals surface area (Å²) >= 11 is 1.64. The van der Waals surface area contributed by atoms with Crippen LogP contribution in [0.3, 0.4) is 0 Å². The predicted molar refractivity (Wildman–Crippen MR) is 83.3 cm³/mol. The van der Waals surface area contributed by atoms with Crippen molar-refractivity contribution in [3.63, 3.8) is 0 Å². The topological polar surface area (TPSA) is 92.2 Å². The molecule has 0 amide bonds. The number of para-hydroxylation sites is 1. The third kappa shape index (κ3) is 3.02. The first kappa shape index (κ1) is 15.4. The summed E-state index contributed by atoms with van der Waals surface area (Å²) in [6.45, 7) is 2.27. The van der Waals surface area contributed by atoms with Crippen molar-refractivity contribution in [2.75, 3.05) is 12.0 Å². The van der Waals surface area contributed by atoms with E-state index in [1.807, 2.05) is 13.2 Å². The standard InChI is InChI=1S/C14H16N2O4S/c1-8(7-21-2)6-16-11-9(14(19)20)4-3-5-10(11)15-12(17)13(16)18/h3-5,8H,6-7H2,1-2H3,(H,15,17)(H,19,20). The van der Waals surface area contributed by atoms with E-state index < -0.39 is 17.1 Å². The Bertz CT molecular complexity index is 794. The number of carbonyl (C=O) groups is 1. The summed E-state index contributed by atoms with van der Waals surface area (Å²) in [4.78, 5) is 37.7. The Kier molecular flexibility index (Phi) is 4.52.